The van der Waals surface area contributed by atoms with E-state index in [4.69, 9.17) is 0 Å². The Morgan fingerprint density at radius 3 is 2.45 bits per heavy atom. The number of rotatable bonds is 5. The molecular formula is C22H28N8O. The Kier molecular flexibility index (Phi) is 7.80. The van der Waals surface area contributed by atoms with Gasteiger partial charge in [0, 0.05) is 25.5 Å². The van der Waals surface area contributed by atoms with Crippen LogP contribution in [0.1, 0.15) is 50.4 Å². The highest BCUT2D eigenvalue weighted by Gasteiger charge is 2.19. The maximum Gasteiger partial charge on any atom is 0.255 e. The van der Waals surface area contributed by atoms with Gasteiger partial charge in [0.2, 0.25) is 0 Å². The zero-order chi connectivity index (χ0) is 22.1. The first-order valence-corrected chi connectivity index (χ1v) is 10.6. The first kappa shape index (κ1) is 22.1. The minimum absolute atomic E-state index is 0.0346. The van der Waals surface area contributed by atoms with E-state index in [1.807, 2.05) is 37.8 Å². The summed E-state index contributed by atoms with van der Waals surface area (Å²) >= 11 is 0. The van der Waals surface area contributed by atoms with Gasteiger partial charge in [0.05, 0.1) is 17.4 Å². The van der Waals surface area contributed by atoms with E-state index in [0.29, 0.717) is 22.9 Å². The molecule has 31 heavy (non-hydrogen) atoms. The lowest BCUT2D eigenvalue weighted by atomic mass is 10.1. The second kappa shape index (κ2) is 11.0. The van der Waals surface area contributed by atoms with Crippen molar-refractivity contribution >= 4 is 23.6 Å². The van der Waals surface area contributed by atoms with Gasteiger partial charge in [0.15, 0.2) is 11.6 Å². The van der Waals surface area contributed by atoms with Gasteiger partial charge in [0.25, 0.3) is 5.91 Å². The SMILES string of the molecule is C/C=N\N(c1ccc(-c2ncn[nH]2)nc1)c1ccc(C(=O)N2CCCCC2)cn1.CC. The number of amides is 1. The number of nitrogens with one attached hydrogen (secondary N) is 1. The number of hydrazone groups is 1. The Morgan fingerprint density at radius 2 is 1.87 bits per heavy atom. The summed E-state index contributed by atoms with van der Waals surface area (Å²) in [5.41, 5.74) is 2.02. The van der Waals surface area contributed by atoms with Crippen LogP contribution < -0.4 is 5.01 Å². The number of hydrogen-bond donors (Lipinski definition) is 1. The molecule has 4 rings (SSSR count). The van der Waals surface area contributed by atoms with Crippen molar-refractivity contribution in [2.45, 2.75) is 40.0 Å². The van der Waals surface area contributed by atoms with Gasteiger partial charge in [0.1, 0.15) is 12.0 Å². The number of aromatic nitrogens is 5. The van der Waals surface area contributed by atoms with Crippen molar-refractivity contribution in [2.75, 3.05) is 18.1 Å². The van der Waals surface area contributed by atoms with Gasteiger partial charge in [-0.2, -0.15) is 10.2 Å². The second-order valence-electron chi connectivity index (χ2n) is 6.68. The predicted molar refractivity (Wildman–Crippen MR) is 121 cm³/mol. The monoisotopic (exact) mass is 420 g/mol. The fraction of sp³-hybridized carbons (Fsp3) is 0.364. The van der Waals surface area contributed by atoms with Gasteiger partial charge in [-0.15, -0.1) is 0 Å². The fourth-order valence-electron chi connectivity index (χ4n) is 3.27. The summed E-state index contributed by atoms with van der Waals surface area (Å²) in [7, 11) is 0. The third-order valence-electron chi connectivity index (χ3n) is 4.74. The molecule has 9 nitrogen and oxygen atoms in total. The molecule has 162 valence electrons. The Morgan fingerprint density at radius 1 is 1.06 bits per heavy atom. The Balaban J connectivity index is 0.00000132. The summed E-state index contributed by atoms with van der Waals surface area (Å²) < 4.78 is 0. The van der Waals surface area contributed by atoms with E-state index in [1.54, 1.807) is 35.7 Å². The highest BCUT2D eigenvalue weighted by atomic mass is 16.2. The summed E-state index contributed by atoms with van der Waals surface area (Å²) in [6.07, 6.45) is 9.74. The number of hydrogen-bond acceptors (Lipinski definition) is 7. The number of carbonyl (C=O) groups is 1. The number of likely N-dealkylation sites (tertiary alicyclic amines) is 1. The smallest absolute Gasteiger partial charge is 0.255 e. The Bertz CT molecular complexity index is 962. The Labute approximate surface area is 182 Å². The molecule has 4 heterocycles. The van der Waals surface area contributed by atoms with E-state index in [1.165, 1.54) is 12.7 Å². The van der Waals surface area contributed by atoms with Crippen LogP contribution >= 0.6 is 0 Å². The minimum atomic E-state index is 0.0346. The topological polar surface area (TPSA) is 103 Å². The molecule has 3 aromatic rings. The highest BCUT2D eigenvalue weighted by Crippen LogP contribution is 2.25. The summed E-state index contributed by atoms with van der Waals surface area (Å²) in [6.45, 7) is 7.46. The molecule has 1 amide bonds. The average molecular weight is 421 g/mol. The first-order valence-electron chi connectivity index (χ1n) is 10.6. The molecule has 0 atom stereocenters. The lowest BCUT2D eigenvalue weighted by Gasteiger charge is -2.26. The maximum absolute atomic E-state index is 12.6. The van der Waals surface area contributed by atoms with Crippen molar-refractivity contribution in [1.82, 2.24) is 30.0 Å². The van der Waals surface area contributed by atoms with Crippen LogP contribution in [-0.4, -0.2) is 55.3 Å². The zero-order valence-corrected chi connectivity index (χ0v) is 18.2. The van der Waals surface area contributed by atoms with Crippen LogP contribution in [0.2, 0.25) is 0 Å². The Hall–Kier alpha value is -3.62. The first-order chi connectivity index (χ1) is 15.3. The van der Waals surface area contributed by atoms with Gasteiger partial charge >= 0.3 is 0 Å². The molecule has 1 aliphatic rings. The molecule has 0 aromatic carbocycles. The van der Waals surface area contributed by atoms with Gasteiger partial charge in [-0.05, 0) is 50.5 Å². The van der Waals surface area contributed by atoms with Crippen molar-refractivity contribution in [1.29, 1.82) is 0 Å². The lowest BCUT2D eigenvalue weighted by Crippen LogP contribution is -2.35. The number of anilines is 2. The highest BCUT2D eigenvalue weighted by molar-refractivity contribution is 5.94. The second-order valence-corrected chi connectivity index (χ2v) is 6.68. The molecule has 0 bridgehead atoms. The minimum Gasteiger partial charge on any atom is -0.339 e. The van der Waals surface area contributed by atoms with Crippen LogP contribution in [0.5, 0.6) is 0 Å². The van der Waals surface area contributed by atoms with Gasteiger partial charge in [-0.3, -0.25) is 14.9 Å². The van der Waals surface area contributed by atoms with Gasteiger partial charge in [-0.25, -0.2) is 15.0 Å². The standard InChI is InChI=1S/C20H22N8O.C2H6/c1-2-25-28(16-7-8-17(21-13-16)19-23-14-24-26-19)18-9-6-15(12-22-18)20(29)27-10-4-3-5-11-27;1-2/h2,6-9,12-14H,3-5,10-11H2,1H3,(H,23,24,26);1-2H3/b25-2-;. The number of piperidine rings is 1. The van der Waals surface area contributed by atoms with Gasteiger partial charge in [-0.1, -0.05) is 13.8 Å². The number of nitrogens with zero attached hydrogens (tertiary/aromatic N) is 7. The van der Waals surface area contributed by atoms with Crippen molar-refractivity contribution in [3.8, 4) is 11.5 Å². The largest absolute Gasteiger partial charge is 0.339 e. The van der Waals surface area contributed by atoms with Crippen LogP contribution in [0, 0.1) is 0 Å². The van der Waals surface area contributed by atoms with Gasteiger partial charge < -0.3 is 4.90 Å². The van der Waals surface area contributed by atoms with E-state index in [9.17, 15) is 4.79 Å². The van der Waals surface area contributed by atoms with E-state index in [0.717, 1.165) is 31.6 Å². The zero-order valence-electron chi connectivity index (χ0n) is 18.2. The molecule has 0 spiro atoms. The number of carbonyl (C=O) groups excluding carboxylic acids is 1. The third-order valence-corrected chi connectivity index (χ3v) is 4.74. The molecule has 0 unspecified atom stereocenters. The lowest BCUT2D eigenvalue weighted by molar-refractivity contribution is 0.0724. The molecular weight excluding hydrogens is 392 g/mol. The van der Waals surface area contributed by atoms with Crippen LogP contribution in [0.4, 0.5) is 11.5 Å². The van der Waals surface area contributed by atoms with Crippen LogP contribution in [0.15, 0.2) is 48.1 Å². The van der Waals surface area contributed by atoms with E-state index >= 15 is 0 Å². The third kappa shape index (κ3) is 5.30. The number of H-pyrrole nitrogens is 1. The van der Waals surface area contributed by atoms with E-state index in [2.05, 4.69) is 30.3 Å². The molecule has 0 radical (unpaired) electrons. The summed E-state index contributed by atoms with van der Waals surface area (Å²) in [4.78, 5) is 27.5. The number of aromatic amines is 1. The fourth-order valence-corrected chi connectivity index (χ4v) is 3.27. The van der Waals surface area contributed by atoms with Crippen molar-refractivity contribution in [3.63, 3.8) is 0 Å². The van der Waals surface area contributed by atoms with Crippen LogP contribution in [0.25, 0.3) is 11.5 Å². The van der Waals surface area contributed by atoms with Crippen molar-refractivity contribution < 1.29 is 4.79 Å². The van der Waals surface area contributed by atoms with E-state index in [-0.39, 0.29) is 5.91 Å². The normalized spacial score (nSPS) is 13.6. The maximum atomic E-state index is 12.6. The van der Waals surface area contributed by atoms with Crippen LogP contribution in [0.3, 0.4) is 0 Å². The van der Waals surface area contributed by atoms with Crippen LogP contribution in [-0.2, 0) is 0 Å². The molecule has 1 aliphatic heterocycles. The van der Waals surface area contributed by atoms with Crippen molar-refractivity contribution in [2.24, 2.45) is 5.10 Å². The number of pyridine rings is 2. The average Bonchev–Trinajstić information content (AvgIpc) is 3.39. The predicted octanol–water partition coefficient (Wildman–Crippen LogP) is 4.06. The molecule has 0 aliphatic carbocycles. The quantitative estimate of drug-likeness (QED) is 0.493. The molecule has 1 saturated heterocycles. The molecule has 3 aromatic heterocycles. The summed E-state index contributed by atoms with van der Waals surface area (Å²) in [5, 5.41) is 12.7. The summed E-state index contributed by atoms with van der Waals surface area (Å²) in [5.74, 6) is 1.24. The van der Waals surface area contributed by atoms with E-state index < -0.39 is 0 Å². The van der Waals surface area contributed by atoms with Crippen molar-refractivity contribution in [3.05, 3.63) is 48.5 Å². The molecule has 0 saturated carbocycles. The molecule has 1 N–H and O–H groups in total. The molecule has 9 heteroatoms. The summed E-state index contributed by atoms with van der Waals surface area (Å²) in [6, 6.07) is 7.32. The molecule has 1 fully saturated rings.